The van der Waals surface area contributed by atoms with E-state index in [1.54, 1.807) is 18.4 Å². The van der Waals surface area contributed by atoms with Crippen LogP contribution < -0.4 is 27.4 Å². The highest BCUT2D eigenvalue weighted by Crippen LogP contribution is 2.11. The Morgan fingerprint density at radius 1 is 0.868 bits per heavy atom. The first-order chi connectivity index (χ1) is 18.0. The fourth-order valence-electron chi connectivity index (χ4n) is 3.44. The lowest BCUT2D eigenvalue weighted by molar-refractivity contribution is -0.143. The summed E-state index contributed by atoms with van der Waals surface area (Å²) in [6.45, 7) is 0.338. The molecule has 1 rings (SSSR count). The Morgan fingerprint density at radius 3 is 2.00 bits per heavy atom. The highest BCUT2D eigenvalue weighted by atomic mass is 32.2. The molecule has 14 heteroatoms. The summed E-state index contributed by atoms with van der Waals surface area (Å²) >= 11 is 1.41. The molecule has 0 bridgehead atoms. The number of carbonyl (C=O) groups is 5. The topological polar surface area (TPSA) is 234 Å². The third-order valence-corrected chi connectivity index (χ3v) is 6.19. The van der Waals surface area contributed by atoms with Gasteiger partial charge in [0.15, 0.2) is 0 Å². The Hall–Kier alpha value is -3.36. The van der Waals surface area contributed by atoms with Crippen molar-refractivity contribution in [1.82, 2.24) is 16.0 Å². The van der Waals surface area contributed by atoms with Gasteiger partial charge in [-0.1, -0.05) is 12.1 Å². The van der Waals surface area contributed by atoms with Crippen molar-refractivity contribution in [3.8, 4) is 5.75 Å². The Bertz CT molecular complexity index is 946. The predicted octanol–water partition coefficient (Wildman–Crippen LogP) is -0.842. The van der Waals surface area contributed by atoms with Crippen LogP contribution in [0.15, 0.2) is 24.3 Å². The van der Waals surface area contributed by atoms with Gasteiger partial charge in [0.1, 0.15) is 23.9 Å². The number of nitrogens with one attached hydrogen (secondary N) is 3. The van der Waals surface area contributed by atoms with Crippen LogP contribution in [0.4, 0.5) is 0 Å². The predicted molar refractivity (Wildman–Crippen MR) is 141 cm³/mol. The van der Waals surface area contributed by atoms with Gasteiger partial charge >= 0.3 is 11.9 Å². The van der Waals surface area contributed by atoms with Gasteiger partial charge in [-0.05, 0) is 68.4 Å². The number of carboxylic acid groups (broad SMARTS) is 2. The van der Waals surface area contributed by atoms with Gasteiger partial charge < -0.3 is 42.7 Å². The van der Waals surface area contributed by atoms with E-state index in [4.69, 9.17) is 11.5 Å². The number of thioether (sulfide) groups is 1. The van der Waals surface area contributed by atoms with Crippen molar-refractivity contribution in [1.29, 1.82) is 0 Å². The minimum absolute atomic E-state index is 0.0361. The summed E-state index contributed by atoms with van der Waals surface area (Å²) in [5.41, 5.74) is 12.1. The van der Waals surface area contributed by atoms with Crippen LogP contribution in [-0.4, -0.2) is 87.7 Å². The van der Waals surface area contributed by atoms with E-state index in [0.29, 0.717) is 30.7 Å². The minimum atomic E-state index is -1.54. The van der Waals surface area contributed by atoms with Crippen LogP contribution in [0.5, 0.6) is 5.75 Å². The molecule has 0 spiro atoms. The Labute approximate surface area is 225 Å². The van der Waals surface area contributed by atoms with Crippen molar-refractivity contribution in [3.63, 3.8) is 0 Å². The van der Waals surface area contributed by atoms with Crippen LogP contribution >= 0.6 is 11.8 Å². The number of nitrogens with two attached hydrogens (primary N) is 2. The lowest BCUT2D eigenvalue weighted by Crippen LogP contribution is -2.57. The summed E-state index contributed by atoms with van der Waals surface area (Å²) in [6, 6.07) is 0.970. The van der Waals surface area contributed by atoms with Crippen LogP contribution in [0, 0.1) is 0 Å². The van der Waals surface area contributed by atoms with E-state index in [-0.39, 0.29) is 25.0 Å². The monoisotopic (exact) mass is 555 g/mol. The lowest BCUT2D eigenvalue weighted by atomic mass is 10.0. The zero-order valence-corrected chi connectivity index (χ0v) is 22.0. The molecule has 212 valence electrons. The summed E-state index contributed by atoms with van der Waals surface area (Å²) in [5.74, 6) is -4.53. The van der Waals surface area contributed by atoms with Crippen LogP contribution in [0.3, 0.4) is 0 Å². The molecule has 0 saturated carbocycles. The van der Waals surface area contributed by atoms with E-state index < -0.39 is 60.2 Å². The lowest BCUT2D eigenvalue weighted by Gasteiger charge is -2.24. The Morgan fingerprint density at radius 2 is 1.45 bits per heavy atom. The van der Waals surface area contributed by atoms with Crippen LogP contribution in [-0.2, 0) is 30.4 Å². The van der Waals surface area contributed by atoms with E-state index in [9.17, 15) is 39.3 Å². The molecule has 0 fully saturated rings. The number of amides is 3. The molecule has 0 aliphatic carbocycles. The number of phenols is 1. The van der Waals surface area contributed by atoms with Gasteiger partial charge in [-0.3, -0.25) is 19.2 Å². The molecule has 0 radical (unpaired) electrons. The number of carboxylic acids is 2. The molecule has 0 aliphatic heterocycles. The van der Waals surface area contributed by atoms with Crippen molar-refractivity contribution in [2.24, 2.45) is 11.5 Å². The second-order valence-corrected chi connectivity index (χ2v) is 9.65. The van der Waals surface area contributed by atoms with E-state index in [1.165, 1.54) is 23.9 Å². The maximum absolute atomic E-state index is 13.0. The fraction of sp³-hybridized carbons (Fsp3) is 0.542. The molecule has 0 aliphatic rings. The third-order valence-electron chi connectivity index (χ3n) is 5.55. The van der Waals surface area contributed by atoms with Crippen molar-refractivity contribution >= 4 is 41.4 Å². The standard InChI is InChI=1S/C24H37N5O8S/c1-38-11-9-18(24(36)37)28-22(34)17(4-2-3-10-25)27-23(35)19(13-20(31)32)29-21(33)16(26)12-14-5-7-15(30)8-6-14/h5-8,16-19,30H,2-4,9-13,25-26H2,1H3,(H,27,35)(H,28,34)(H,29,33)(H,31,32)(H,36,37). The van der Waals surface area contributed by atoms with Gasteiger partial charge in [-0.15, -0.1) is 0 Å². The highest BCUT2D eigenvalue weighted by Gasteiger charge is 2.31. The SMILES string of the molecule is CSCCC(NC(=O)C(CCCCN)NC(=O)C(CC(=O)O)NC(=O)C(N)Cc1ccc(O)cc1)C(=O)O. The minimum Gasteiger partial charge on any atom is -0.508 e. The summed E-state index contributed by atoms with van der Waals surface area (Å²) < 4.78 is 0. The van der Waals surface area contributed by atoms with Crippen LogP contribution in [0.25, 0.3) is 0 Å². The summed E-state index contributed by atoms with van der Waals surface area (Å²) in [5, 5.41) is 35.3. The number of aliphatic carboxylic acids is 2. The average Bonchev–Trinajstić information content (AvgIpc) is 2.86. The fourth-order valence-corrected chi connectivity index (χ4v) is 3.91. The van der Waals surface area contributed by atoms with E-state index >= 15 is 0 Å². The molecule has 1 aromatic rings. The number of hydrogen-bond acceptors (Lipinski definition) is 9. The van der Waals surface area contributed by atoms with E-state index in [1.807, 2.05) is 0 Å². The number of hydrogen-bond donors (Lipinski definition) is 8. The third kappa shape index (κ3) is 12.3. The smallest absolute Gasteiger partial charge is 0.326 e. The van der Waals surface area contributed by atoms with Crippen molar-refractivity contribution in [2.45, 2.75) is 62.7 Å². The zero-order chi connectivity index (χ0) is 28.7. The number of benzene rings is 1. The highest BCUT2D eigenvalue weighted by molar-refractivity contribution is 7.98. The number of carbonyl (C=O) groups excluding carboxylic acids is 3. The molecule has 3 amide bonds. The Balaban J connectivity index is 2.96. The molecule has 4 atom stereocenters. The molecule has 10 N–H and O–H groups in total. The molecular weight excluding hydrogens is 518 g/mol. The van der Waals surface area contributed by atoms with Gasteiger partial charge in [0.25, 0.3) is 0 Å². The second kappa shape index (κ2) is 17.2. The number of unbranched alkanes of at least 4 members (excludes halogenated alkanes) is 1. The summed E-state index contributed by atoms with van der Waals surface area (Å²) in [6.07, 6.45) is 2.35. The molecule has 0 saturated heterocycles. The number of phenolic OH excluding ortho intramolecular Hbond substituents is 1. The van der Waals surface area contributed by atoms with Gasteiger partial charge in [-0.25, -0.2) is 4.79 Å². The average molecular weight is 556 g/mol. The molecule has 4 unspecified atom stereocenters. The van der Waals surface area contributed by atoms with E-state index in [2.05, 4.69) is 16.0 Å². The van der Waals surface area contributed by atoms with Crippen molar-refractivity contribution < 1.29 is 39.3 Å². The molecule has 13 nitrogen and oxygen atoms in total. The van der Waals surface area contributed by atoms with E-state index in [0.717, 1.165) is 0 Å². The molecule has 38 heavy (non-hydrogen) atoms. The van der Waals surface area contributed by atoms with Crippen LogP contribution in [0.1, 0.15) is 37.7 Å². The normalized spacial score (nSPS) is 14.0. The summed E-state index contributed by atoms with van der Waals surface area (Å²) in [4.78, 5) is 61.5. The second-order valence-electron chi connectivity index (χ2n) is 8.66. The van der Waals surface area contributed by atoms with Gasteiger partial charge in [0.05, 0.1) is 12.5 Å². The molecule has 0 aromatic heterocycles. The number of aromatic hydroxyl groups is 1. The van der Waals surface area contributed by atoms with Gasteiger partial charge in [0, 0.05) is 0 Å². The molecular formula is C24H37N5O8S. The first kappa shape index (κ1) is 32.7. The van der Waals surface area contributed by atoms with Crippen molar-refractivity contribution in [3.05, 3.63) is 29.8 Å². The quantitative estimate of drug-likeness (QED) is 0.104. The zero-order valence-electron chi connectivity index (χ0n) is 21.2. The van der Waals surface area contributed by atoms with Crippen molar-refractivity contribution in [2.75, 3.05) is 18.6 Å². The molecule has 0 heterocycles. The first-order valence-corrected chi connectivity index (χ1v) is 13.5. The largest absolute Gasteiger partial charge is 0.508 e. The first-order valence-electron chi connectivity index (χ1n) is 12.1. The Kier molecular flexibility index (Phi) is 14.8. The molecule has 1 aromatic carbocycles. The summed E-state index contributed by atoms with van der Waals surface area (Å²) in [7, 11) is 0. The maximum atomic E-state index is 13.0. The number of rotatable bonds is 18. The van der Waals surface area contributed by atoms with Gasteiger partial charge in [-0.2, -0.15) is 11.8 Å². The van der Waals surface area contributed by atoms with Crippen LogP contribution in [0.2, 0.25) is 0 Å². The maximum Gasteiger partial charge on any atom is 0.326 e. The van der Waals surface area contributed by atoms with Gasteiger partial charge in [0.2, 0.25) is 17.7 Å².